The minimum Gasteiger partial charge on any atom is -0.357 e. The van der Waals surface area contributed by atoms with Crippen LogP contribution in [0.5, 0.6) is 0 Å². The van der Waals surface area contributed by atoms with Crippen LogP contribution in [0.4, 0.5) is 0 Å². The lowest BCUT2D eigenvalue weighted by Crippen LogP contribution is -2.43. The normalized spacial score (nSPS) is 26.6. The summed E-state index contributed by atoms with van der Waals surface area (Å²) in [5.41, 5.74) is -0.293. The Morgan fingerprint density at radius 2 is 1.63 bits per heavy atom. The van der Waals surface area contributed by atoms with E-state index in [2.05, 4.69) is 65.2 Å². The lowest BCUT2D eigenvalue weighted by Gasteiger charge is -2.40. The molecule has 1 aliphatic rings. The fourth-order valence-corrected chi connectivity index (χ4v) is 2.93. The van der Waals surface area contributed by atoms with Crippen molar-refractivity contribution in [1.29, 1.82) is 0 Å². The van der Waals surface area contributed by atoms with Crippen molar-refractivity contribution >= 4 is 0 Å². The second kappa shape index (κ2) is 6.29. The first-order valence-corrected chi connectivity index (χ1v) is 7.61. The Kier molecular flexibility index (Phi) is 5.47. The Bertz CT molecular complexity index is 340. The molecule has 1 aliphatic heterocycles. The van der Waals surface area contributed by atoms with Crippen LogP contribution in [0.25, 0.3) is 0 Å². The number of rotatable bonds is 3. The molecular weight excluding hydrogens is 234 g/mol. The van der Waals surface area contributed by atoms with Crippen LogP contribution in [0.2, 0.25) is 0 Å². The summed E-state index contributed by atoms with van der Waals surface area (Å²) in [6.45, 7) is 16.2. The highest BCUT2D eigenvalue weighted by molar-refractivity contribution is 5.16. The van der Waals surface area contributed by atoms with Gasteiger partial charge in [0.05, 0.1) is 12.1 Å². The number of nitrogens with zero attached hydrogens (tertiary/aromatic N) is 1. The Morgan fingerprint density at radius 1 is 1.05 bits per heavy atom. The lowest BCUT2D eigenvalue weighted by atomic mass is 9.88. The standard InChI is InChI=1S/C17H31NO/c1-14(2)18(15(3)4)13-9-12-17(7)11-8-10-16(5,6)19-17/h14-15H,8,10-11,13H2,1-7H3. The highest BCUT2D eigenvalue weighted by Gasteiger charge is 2.35. The molecule has 1 rings (SSSR count). The van der Waals surface area contributed by atoms with Crippen LogP contribution < -0.4 is 0 Å². The fourth-order valence-electron chi connectivity index (χ4n) is 2.93. The van der Waals surface area contributed by atoms with Crippen molar-refractivity contribution in [3.8, 4) is 11.8 Å². The molecule has 0 aliphatic carbocycles. The zero-order valence-electron chi connectivity index (χ0n) is 13.8. The molecule has 2 heteroatoms. The topological polar surface area (TPSA) is 12.5 Å². The zero-order valence-corrected chi connectivity index (χ0v) is 13.8. The quantitative estimate of drug-likeness (QED) is 0.719. The van der Waals surface area contributed by atoms with Crippen molar-refractivity contribution in [3.63, 3.8) is 0 Å². The molecule has 0 N–H and O–H groups in total. The molecular formula is C17H31NO. The molecule has 19 heavy (non-hydrogen) atoms. The third kappa shape index (κ3) is 5.16. The zero-order chi connectivity index (χ0) is 14.7. The minimum absolute atomic E-state index is 0.0303. The number of ether oxygens (including phenoxy) is 1. The average molecular weight is 265 g/mol. The van der Waals surface area contributed by atoms with Gasteiger partial charge < -0.3 is 4.74 Å². The van der Waals surface area contributed by atoms with Crippen molar-refractivity contribution in [2.45, 2.75) is 91.0 Å². The molecule has 0 bridgehead atoms. The fraction of sp³-hybridized carbons (Fsp3) is 0.882. The van der Waals surface area contributed by atoms with Gasteiger partial charge in [0.2, 0.25) is 0 Å². The molecule has 1 atom stereocenters. The molecule has 0 saturated carbocycles. The predicted octanol–water partition coefficient (Wildman–Crippen LogP) is 3.85. The largest absolute Gasteiger partial charge is 0.357 e. The van der Waals surface area contributed by atoms with E-state index in [9.17, 15) is 0 Å². The maximum atomic E-state index is 6.17. The summed E-state index contributed by atoms with van der Waals surface area (Å²) in [6.07, 6.45) is 3.39. The monoisotopic (exact) mass is 265 g/mol. The first-order chi connectivity index (χ1) is 8.65. The van der Waals surface area contributed by atoms with Crippen LogP contribution >= 0.6 is 0 Å². The van der Waals surface area contributed by atoms with Crippen LogP contribution in [0.3, 0.4) is 0 Å². The third-order valence-corrected chi connectivity index (χ3v) is 3.88. The molecule has 0 aromatic heterocycles. The van der Waals surface area contributed by atoms with Gasteiger partial charge in [-0.05, 0) is 67.7 Å². The lowest BCUT2D eigenvalue weighted by molar-refractivity contribution is -0.135. The van der Waals surface area contributed by atoms with Crippen molar-refractivity contribution in [2.75, 3.05) is 6.54 Å². The summed E-state index contributed by atoms with van der Waals surface area (Å²) in [4.78, 5) is 2.41. The van der Waals surface area contributed by atoms with E-state index >= 15 is 0 Å². The van der Waals surface area contributed by atoms with Crippen molar-refractivity contribution in [3.05, 3.63) is 0 Å². The van der Waals surface area contributed by atoms with E-state index in [4.69, 9.17) is 4.74 Å². The molecule has 1 fully saturated rings. The Morgan fingerprint density at radius 3 is 2.11 bits per heavy atom. The van der Waals surface area contributed by atoms with Gasteiger partial charge in [-0.2, -0.15) is 0 Å². The minimum atomic E-state index is -0.263. The summed E-state index contributed by atoms with van der Waals surface area (Å²) in [6, 6.07) is 1.07. The molecule has 1 saturated heterocycles. The van der Waals surface area contributed by atoms with Gasteiger partial charge in [0, 0.05) is 12.1 Å². The first kappa shape index (κ1) is 16.5. The second-order valence-electron chi connectivity index (χ2n) is 7.11. The molecule has 110 valence electrons. The number of hydrogen-bond acceptors (Lipinski definition) is 2. The molecule has 0 aromatic carbocycles. The summed E-state index contributed by atoms with van der Waals surface area (Å²) in [5.74, 6) is 6.73. The van der Waals surface area contributed by atoms with E-state index in [-0.39, 0.29) is 11.2 Å². The SMILES string of the molecule is CC(C)N(CC#CC1(C)CCCC(C)(C)O1)C(C)C. The summed E-state index contributed by atoms with van der Waals surface area (Å²) >= 11 is 0. The Balaban J connectivity index is 2.66. The maximum Gasteiger partial charge on any atom is 0.126 e. The third-order valence-electron chi connectivity index (χ3n) is 3.88. The van der Waals surface area contributed by atoms with Crippen LogP contribution in [0.15, 0.2) is 0 Å². The Hall–Kier alpha value is -0.520. The van der Waals surface area contributed by atoms with Gasteiger partial charge in [-0.3, -0.25) is 4.90 Å². The first-order valence-electron chi connectivity index (χ1n) is 7.61. The van der Waals surface area contributed by atoms with E-state index in [0.717, 1.165) is 19.4 Å². The molecule has 0 radical (unpaired) electrons. The van der Waals surface area contributed by atoms with Crippen LogP contribution in [0.1, 0.15) is 67.7 Å². The maximum absolute atomic E-state index is 6.17. The van der Waals surface area contributed by atoms with Gasteiger partial charge in [0.25, 0.3) is 0 Å². The van der Waals surface area contributed by atoms with Crippen molar-refractivity contribution in [2.24, 2.45) is 0 Å². The molecule has 1 unspecified atom stereocenters. The number of hydrogen-bond donors (Lipinski definition) is 0. The van der Waals surface area contributed by atoms with E-state index in [1.54, 1.807) is 0 Å². The average Bonchev–Trinajstić information content (AvgIpc) is 2.21. The highest BCUT2D eigenvalue weighted by atomic mass is 16.5. The predicted molar refractivity (Wildman–Crippen MR) is 82.2 cm³/mol. The van der Waals surface area contributed by atoms with Gasteiger partial charge in [-0.1, -0.05) is 11.8 Å². The van der Waals surface area contributed by atoms with E-state index < -0.39 is 0 Å². The molecule has 1 heterocycles. The molecule has 0 aromatic rings. The highest BCUT2D eigenvalue weighted by Crippen LogP contribution is 2.34. The summed E-state index contributed by atoms with van der Waals surface area (Å²) in [5, 5.41) is 0. The van der Waals surface area contributed by atoms with Gasteiger partial charge in [0.15, 0.2) is 0 Å². The van der Waals surface area contributed by atoms with Gasteiger partial charge in [-0.15, -0.1) is 0 Å². The molecule has 0 amide bonds. The smallest absolute Gasteiger partial charge is 0.126 e. The van der Waals surface area contributed by atoms with Gasteiger partial charge in [-0.25, -0.2) is 0 Å². The van der Waals surface area contributed by atoms with E-state index in [1.165, 1.54) is 6.42 Å². The van der Waals surface area contributed by atoms with Gasteiger partial charge >= 0.3 is 0 Å². The summed E-state index contributed by atoms with van der Waals surface area (Å²) < 4.78 is 6.17. The van der Waals surface area contributed by atoms with Crippen molar-refractivity contribution in [1.82, 2.24) is 4.90 Å². The van der Waals surface area contributed by atoms with Crippen molar-refractivity contribution < 1.29 is 4.74 Å². The van der Waals surface area contributed by atoms with Crippen LogP contribution in [-0.4, -0.2) is 34.7 Å². The molecule has 0 spiro atoms. The molecule has 2 nitrogen and oxygen atoms in total. The van der Waals surface area contributed by atoms with Crippen LogP contribution in [-0.2, 0) is 4.74 Å². The summed E-state index contributed by atoms with van der Waals surface area (Å²) in [7, 11) is 0. The Labute approximate surface area is 119 Å². The van der Waals surface area contributed by atoms with Gasteiger partial charge in [0.1, 0.15) is 5.60 Å². The van der Waals surface area contributed by atoms with E-state index in [0.29, 0.717) is 12.1 Å². The van der Waals surface area contributed by atoms with E-state index in [1.807, 2.05) is 0 Å². The van der Waals surface area contributed by atoms with Crippen LogP contribution in [0, 0.1) is 11.8 Å². The second-order valence-corrected chi connectivity index (χ2v) is 7.11.